The van der Waals surface area contributed by atoms with E-state index in [1.165, 1.54) is 6.20 Å². The van der Waals surface area contributed by atoms with Crippen molar-refractivity contribution in [2.75, 3.05) is 13.1 Å². The molecule has 1 saturated heterocycles. The molecule has 4 rings (SSSR count). The number of imidazole rings is 1. The molecule has 2 amide bonds. The average Bonchev–Trinajstić information content (AvgIpc) is 3.16. The number of aromatic nitrogens is 4. The van der Waals surface area contributed by atoms with Gasteiger partial charge in [-0.3, -0.25) is 9.59 Å². The molecular formula is C24H30N6O2. The first kappa shape index (κ1) is 21.9. The predicted molar refractivity (Wildman–Crippen MR) is 122 cm³/mol. The Labute approximate surface area is 187 Å². The number of amides is 2. The number of hydrogen-bond donors (Lipinski definition) is 1. The monoisotopic (exact) mass is 434 g/mol. The molecule has 0 atom stereocenters. The lowest BCUT2D eigenvalue weighted by atomic mass is 9.95. The zero-order valence-corrected chi connectivity index (χ0v) is 18.9. The van der Waals surface area contributed by atoms with Crippen LogP contribution in [0.3, 0.4) is 0 Å². The van der Waals surface area contributed by atoms with Crippen molar-refractivity contribution in [1.29, 1.82) is 0 Å². The van der Waals surface area contributed by atoms with Crippen LogP contribution in [-0.2, 0) is 11.3 Å². The number of carbonyl (C=O) groups is 2. The highest BCUT2D eigenvalue weighted by molar-refractivity contribution is 5.93. The molecule has 0 unspecified atom stereocenters. The topological polar surface area (TPSA) is 107 Å². The summed E-state index contributed by atoms with van der Waals surface area (Å²) in [6, 6.07) is 8.09. The number of piperidine rings is 1. The summed E-state index contributed by atoms with van der Waals surface area (Å²) in [6.07, 6.45) is 3.59. The Bertz CT molecular complexity index is 1140. The number of nitrogens with two attached hydrogens (primary N) is 1. The molecule has 168 valence electrons. The van der Waals surface area contributed by atoms with Crippen LogP contribution in [0.5, 0.6) is 0 Å². The zero-order valence-electron chi connectivity index (χ0n) is 18.9. The molecule has 3 heterocycles. The summed E-state index contributed by atoms with van der Waals surface area (Å²) in [5.41, 5.74) is 8.36. The third-order valence-electron chi connectivity index (χ3n) is 6.23. The number of nitrogens with zero attached hydrogens (tertiary/aromatic N) is 5. The van der Waals surface area contributed by atoms with Gasteiger partial charge in [0.25, 0.3) is 5.91 Å². The van der Waals surface area contributed by atoms with E-state index in [0.717, 1.165) is 35.5 Å². The first-order valence-corrected chi connectivity index (χ1v) is 11.2. The predicted octanol–water partition coefficient (Wildman–Crippen LogP) is 3.15. The minimum absolute atomic E-state index is 0.164. The summed E-state index contributed by atoms with van der Waals surface area (Å²) in [5.74, 6) is 1.87. The van der Waals surface area contributed by atoms with E-state index in [-0.39, 0.29) is 17.7 Å². The zero-order chi connectivity index (χ0) is 22.8. The fraction of sp³-hybridized carbons (Fsp3) is 0.458. The van der Waals surface area contributed by atoms with Crippen molar-refractivity contribution in [3.8, 4) is 0 Å². The average molecular weight is 435 g/mol. The molecule has 8 heteroatoms. The van der Waals surface area contributed by atoms with Gasteiger partial charge in [0.1, 0.15) is 11.6 Å². The van der Waals surface area contributed by atoms with Gasteiger partial charge in [-0.1, -0.05) is 26.0 Å². The van der Waals surface area contributed by atoms with Crippen LogP contribution in [-0.4, -0.2) is 49.3 Å². The van der Waals surface area contributed by atoms with E-state index in [1.807, 2.05) is 23.1 Å². The maximum atomic E-state index is 12.9. The Hall–Kier alpha value is -3.29. The van der Waals surface area contributed by atoms with Gasteiger partial charge in [0.15, 0.2) is 0 Å². The Morgan fingerprint density at radius 2 is 1.88 bits per heavy atom. The second-order valence-corrected chi connectivity index (χ2v) is 8.76. The van der Waals surface area contributed by atoms with Gasteiger partial charge < -0.3 is 15.2 Å². The number of hydrogen-bond acceptors (Lipinski definition) is 5. The van der Waals surface area contributed by atoms with Crippen molar-refractivity contribution in [2.24, 2.45) is 5.73 Å². The van der Waals surface area contributed by atoms with Crippen molar-refractivity contribution >= 4 is 22.8 Å². The molecule has 2 aromatic heterocycles. The number of primary amides is 1. The number of fused-ring (bicyclic) bond motifs is 1. The van der Waals surface area contributed by atoms with Crippen molar-refractivity contribution in [2.45, 2.75) is 58.4 Å². The number of aryl methyl sites for hydroxylation is 2. The highest BCUT2D eigenvalue weighted by atomic mass is 16.2. The number of carbonyl (C=O) groups excluding carboxylic acids is 2. The molecule has 0 aliphatic carbocycles. The van der Waals surface area contributed by atoms with Gasteiger partial charge in [-0.05, 0) is 31.9 Å². The summed E-state index contributed by atoms with van der Waals surface area (Å²) < 4.78 is 2.18. The Morgan fingerprint density at radius 1 is 1.16 bits per heavy atom. The van der Waals surface area contributed by atoms with Gasteiger partial charge in [-0.2, -0.15) is 0 Å². The van der Waals surface area contributed by atoms with E-state index in [1.54, 1.807) is 6.92 Å². The molecule has 8 nitrogen and oxygen atoms in total. The number of likely N-dealkylation sites (tertiary alicyclic amines) is 1. The lowest BCUT2D eigenvalue weighted by molar-refractivity contribution is -0.132. The number of benzene rings is 1. The second kappa shape index (κ2) is 9.06. The maximum Gasteiger partial charge on any atom is 0.252 e. The van der Waals surface area contributed by atoms with Gasteiger partial charge in [-0.25, -0.2) is 15.0 Å². The van der Waals surface area contributed by atoms with E-state index >= 15 is 0 Å². The maximum absolute atomic E-state index is 12.9. The molecule has 0 radical (unpaired) electrons. The summed E-state index contributed by atoms with van der Waals surface area (Å²) in [4.78, 5) is 39.9. The Kier molecular flexibility index (Phi) is 6.21. The minimum atomic E-state index is -0.513. The normalized spacial score (nSPS) is 14.9. The highest BCUT2D eigenvalue weighted by Gasteiger charge is 2.26. The van der Waals surface area contributed by atoms with Crippen LogP contribution < -0.4 is 5.73 Å². The fourth-order valence-electron chi connectivity index (χ4n) is 4.45. The van der Waals surface area contributed by atoms with Crippen LogP contribution in [0.4, 0.5) is 0 Å². The number of para-hydroxylation sites is 2. The summed E-state index contributed by atoms with van der Waals surface area (Å²) in [5, 5.41) is 0. The van der Waals surface area contributed by atoms with Gasteiger partial charge in [0, 0.05) is 44.1 Å². The van der Waals surface area contributed by atoms with Gasteiger partial charge in [0.05, 0.1) is 22.3 Å². The van der Waals surface area contributed by atoms with Gasteiger partial charge in [-0.15, -0.1) is 0 Å². The smallest absolute Gasteiger partial charge is 0.252 e. The van der Waals surface area contributed by atoms with Crippen LogP contribution in [0.15, 0.2) is 30.5 Å². The van der Waals surface area contributed by atoms with Crippen molar-refractivity contribution in [3.05, 3.63) is 53.4 Å². The lowest BCUT2D eigenvalue weighted by Gasteiger charge is -2.31. The molecule has 1 aliphatic rings. The van der Waals surface area contributed by atoms with Crippen molar-refractivity contribution in [1.82, 2.24) is 24.4 Å². The molecule has 1 fully saturated rings. The lowest BCUT2D eigenvalue weighted by Crippen LogP contribution is -2.38. The van der Waals surface area contributed by atoms with E-state index in [9.17, 15) is 9.59 Å². The molecular weight excluding hydrogens is 404 g/mol. The molecule has 0 spiro atoms. The molecule has 0 bridgehead atoms. The standard InChI is InChI=1S/C24H30N6O2/c1-15(2)24-28-19-6-4-5-7-20(19)30(24)13-10-21(31)29-11-8-17(9-12-29)23-26-14-18(22(25)32)16(3)27-23/h4-7,14-15,17H,8-13H2,1-3H3,(H2,25,32). The third-order valence-corrected chi connectivity index (χ3v) is 6.23. The van der Waals surface area contributed by atoms with Gasteiger partial charge in [0.2, 0.25) is 5.91 Å². The molecule has 3 aromatic rings. The van der Waals surface area contributed by atoms with E-state index < -0.39 is 5.91 Å². The quantitative estimate of drug-likeness (QED) is 0.641. The third kappa shape index (κ3) is 4.35. The minimum Gasteiger partial charge on any atom is -0.365 e. The largest absolute Gasteiger partial charge is 0.365 e. The second-order valence-electron chi connectivity index (χ2n) is 8.76. The molecule has 2 N–H and O–H groups in total. The summed E-state index contributed by atoms with van der Waals surface area (Å²) in [7, 11) is 0. The Balaban J connectivity index is 1.38. The van der Waals surface area contributed by atoms with Crippen LogP contribution in [0.1, 0.15) is 72.6 Å². The van der Waals surface area contributed by atoms with E-state index in [0.29, 0.717) is 37.3 Å². The first-order chi connectivity index (χ1) is 15.3. The fourth-order valence-corrected chi connectivity index (χ4v) is 4.45. The van der Waals surface area contributed by atoms with E-state index in [4.69, 9.17) is 10.7 Å². The Morgan fingerprint density at radius 3 is 2.53 bits per heavy atom. The van der Waals surface area contributed by atoms with Crippen molar-refractivity contribution in [3.63, 3.8) is 0 Å². The molecule has 32 heavy (non-hydrogen) atoms. The van der Waals surface area contributed by atoms with Crippen LogP contribution in [0.25, 0.3) is 11.0 Å². The number of rotatable bonds is 6. The molecule has 1 aliphatic heterocycles. The highest BCUT2D eigenvalue weighted by Crippen LogP contribution is 2.27. The van der Waals surface area contributed by atoms with Crippen LogP contribution >= 0.6 is 0 Å². The van der Waals surface area contributed by atoms with Crippen LogP contribution in [0, 0.1) is 6.92 Å². The molecule has 0 saturated carbocycles. The summed E-state index contributed by atoms with van der Waals surface area (Å²) in [6.45, 7) is 8.03. The summed E-state index contributed by atoms with van der Waals surface area (Å²) >= 11 is 0. The van der Waals surface area contributed by atoms with Crippen molar-refractivity contribution < 1.29 is 9.59 Å². The van der Waals surface area contributed by atoms with Crippen LogP contribution in [0.2, 0.25) is 0 Å². The van der Waals surface area contributed by atoms with Gasteiger partial charge >= 0.3 is 0 Å². The van der Waals surface area contributed by atoms with E-state index in [2.05, 4.69) is 34.4 Å². The first-order valence-electron chi connectivity index (χ1n) is 11.2. The SMILES string of the molecule is Cc1nc(C2CCN(C(=O)CCn3c(C(C)C)nc4ccccc43)CC2)ncc1C(N)=O. The molecule has 1 aromatic carbocycles.